The summed E-state index contributed by atoms with van der Waals surface area (Å²) in [6.45, 7) is 3.56. The smallest absolute Gasteiger partial charge is 0.131 e. The maximum Gasteiger partial charge on any atom is 0.131 e. The standard InChI is InChI=1S/C22H27N5O/c1-27-10-7-19(8-11-27)28-15-17-3-5-21(26-14-17)25-13-16-2-4-20-18(12-16)6-9-24-22(20)23/h2-6,9,12,14,19H,7-8,10-11,13,15H2,1H3,(H2,23,24)(H,25,26). The third kappa shape index (κ3) is 4.58. The van der Waals surface area contributed by atoms with Gasteiger partial charge in [-0.1, -0.05) is 18.2 Å². The number of pyridine rings is 2. The number of hydrogen-bond donors (Lipinski definition) is 2. The van der Waals surface area contributed by atoms with Crippen LogP contribution in [-0.4, -0.2) is 41.1 Å². The zero-order chi connectivity index (χ0) is 19.3. The Hall–Kier alpha value is -2.70. The predicted octanol–water partition coefficient (Wildman–Crippen LogP) is 3.43. The van der Waals surface area contributed by atoms with Crippen LogP contribution in [0.25, 0.3) is 10.8 Å². The number of fused-ring (bicyclic) bond motifs is 1. The van der Waals surface area contributed by atoms with E-state index in [0.717, 1.165) is 48.1 Å². The highest BCUT2D eigenvalue weighted by Crippen LogP contribution is 2.20. The molecule has 6 heteroatoms. The first-order chi connectivity index (χ1) is 13.7. The van der Waals surface area contributed by atoms with Crippen molar-refractivity contribution in [1.29, 1.82) is 0 Å². The van der Waals surface area contributed by atoms with Crippen LogP contribution in [0.4, 0.5) is 11.6 Å². The van der Waals surface area contributed by atoms with E-state index in [1.807, 2.05) is 24.4 Å². The van der Waals surface area contributed by atoms with Gasteiger partial charge in [-0.2, -0.15) is 0 Å². The number of likely N-dealkylation sites (tertiary alicyclic amines) is 1. The van der Waals surface area contributed by atoms with E-state index in [1.165, 1.54) is 5.56 Å². The molecule has 3 aromatic rings. The van der Waals surface area contributed by atoms with Gasteiger partial charge in [-0.25, -0.2) is 9.97 Å². The van der Waals surface area contributed by atoms with E-state index in [2.05, 4.69) is 45.4 Å². The van der Waals surface area contributed by atoms with Gasteiger partial charge in [-0.15, -0.1) is 0 Å². The molecule has 0 atom stereocenters. The summed E-state index contributed by atoms with van der Waals surface area (Å²) in [4.78, 5) is 11.0. The Kier molecular flexibility index (Phi) is 5.69. The number of nitrogens with two attached hydrogens (primary N) is 1. The Balaban J connectivity index is 1.30. The SMILES string of the molecule is CN1CCC(OCc2ccc(NCc3ccc4c(N)nccc4c3)nc2)CC1. The molecule has 1 aromatic carbocycles. The summed E-state index contributed by atoms with van der Waals surface area (Å²) in [6, 6.07) is 12.3. The van der Waals surface area contributed by atoms with E-state index >= 15 is 0 Å². The molecule has 0 spiro atoms. The molecule has 0 unspecified atom stereocenters. The van der Waals surface area contributed by atoms with Gasteiger partial charge < -0.3 is 20.7 Å². The second-order valence-corrected chi connectivity index (χ2v) is 7.47. The number of anilines is 2. The molecule has 3 heterocycles. The molecule has 0 radical (unpaired) electrons. The molecule has 0 amide bonds. The van der Waals surface area contributed by atoms with Crippen molar-refractivity contribution in [3.05, 3.63) is 59.9 Å². The molecule has 4 rings (SSSR count). The summed E-state index contributed by atoms with van der Waals surface area (Å²) in [5.41, 5.74) is 8.20. The first-order valence-electron chi connectivity index (χ1n) is 9.79. The van der Waals surface area contributed by atoms with Crippen molar-refractivity contribution < 1.29 is 4.74 Å². The van der Waals surface area contributed by atoms with Gasteiger partial charge in [0, 0.05) is 37.4 Å². The summed E-state index contributed by atoms with van der Waals surface area (Å²) < 4.78 is 6.03. The fourth-order valence-electron chi connectivity index (χ4n) is 3.53. The van der Waals surface area contributed by atoms with Crippen molar-refractivity contribution in [3.8, 4) is 0 Å². The van der Waals surface area contributed by atoms with Crippen molar-refractivity contribution >= 4 is 22.4 Å². The summed E-state index contributed by atoms with van der Waals surface area (Å²) >= 11 is 0. The minimum absolute atomic E-state index is 0.367. The molecule has 28 heavy (non-hydrogen) atoms. The summed E-state index contributed by atoms with van der Waals surface area (Å²) in [7, 11) is 2.16. The Morgan fingerprint density at radius 1 is 1.11 bits per heavy atom. The van der Waals surface area contributed by atoms with E-state index < -0.39 is 0 Å². The molecule has 0 saturated carbocycles. The van der Waals surface area contributed by atoms with Crippen molar-refractivity contribution in [2.75, 3.05) is 31.2 Å². The van der Waals surface area contributed by atoms with E-state index in [1.54, 1.807) is 6.20 Å². The lowest BCUT2D eigenvalue weighted by Crippen LogP contribution is -2.34. The zero-order valence-corrected chi connectivity index (χ0v) is 16.3. The van der Waals surface area contributed by atoms with Crippen LogP contribution in [0.5, 0.6) is 0 Å². The van der Waals surface area contributed by atoms with Crippen LogP contribution >= 0.6 is 0 Å². The van der Waals surface area contributed by atoms with Gasteiger partial charge in [-0.05, 0) is 54.6 Å². The van der Waals surface area contributed by atoms with Crippen LogP contribution in [0.1, 0.15) is 24.0 Å². The highest BCUT2D eigenvalue weighted by molar-refractivity contribution is 5.91. The van der Waals surface area contributed by atoms with Crippen LogP contribution in [0.2, 0.25) is 0 Å². The lowest BCUT2D eigenvalue weighted by molar-refractivity contribution is 0.00204. The molecular weight excluding hydrogens is 350 g/mol. The Morgan fingerprint density at radius 3 is 2.71 bits per heavy atom. The molecule has 3 N–H and O–H groups in total. The monoisotopic (exact) mass is 377 g/mol. The van der Waals surface area contributed by atoms with Gasteiger partial charge >= 0.3 is 0 Å². The topological polar surface area (TPSA) is 76.3 Å². The maximum atomic E-state index is 6.03. The molecule has 1 fully saturated rings. The molecule has 2 aromatic heterocycles. The van der Waals surface area contributed by atoms with Crippen LogP contribution in [0.15, 0.2) is 48.8 Å². The Morgan fingerprint density at radius 2 is 1.93 bits per heavy atom. The lowest BCUT2D eigenvalue weighted by Gasteiger charge is -2.28. The number of rotatable bonds is 6. The van der Waals surface area contributed by atoms with Gasteiger partial charge in [0.1, 0.15) is 11.6 Å². The third-order valence-electron chi connectivity index (χ3n) is 5.31. The van der Waals surface area contributed by atoms with Crippen molar-refractivity contribution in [2.45, 2.75) is 32.1 Å². The average molecular weight is 377 g/mol. The zero-order valence-electron chi connectivity index (χ0n) is 16.3. The number of piperidine rings is 1. The van der Waals surface area contributed by atoms with Crippen molar-refractivity contribution in [2.24, 2.45) is 0 Å². The van der Waals surface area contributed by atoms with Gasteiger partial charge in [0.05, 0.1) is 12.7 Å². The second-order valence-electron chi connectivity index (χ2n) is 7.47. The molecule has 1 saturated heterocycles. The summed E-state index contributed by atoms with van der Waals surface area (Å²) in [6.07, 6.45) is 6.21. The minimum atomic E-state index is 0.367. The average Bonchev–Trinajstić information content (AvgIpc) is 2.73. The number of hydrogen-bond acceptors (Lipinski definition) is 6. The highest BCUT2D eigenvalue weighted by atomic mass is 16.5. The number of nitrogens with zero attached hydrogens (tertiary/aromatic N) is 3. The quantitative estimate of drug-likeness (QED) is 0.685. The largest absolute Gasteiger partial charge is 0.383 e. The third-order valence-corrected chi connectivity index (χ3v) is 5.31. The van der Waals surface area contributed by atoms with Crippen molar-refractivity contribution in [1.82, 2.24) is 14.9 Å². The normalized spacial score (nSPS) is 15.8. The van der Waals surface area contributed by atoms with Crippen LogP contribution in [0.3, 0.4) is 0 Å². The number of ether oxygens (including phenoxy) is 1. The molecule has 146 valence electrons. The molecule has 6 nitrogen and oxygen atoms in total. The number of nitrogens with one attached hydrogen (secondary N) is 1. The number of benzene rings is 1. The molecule has 0 bridgehead atoms. The Labute approximate surface area is 165 Å². The van der Waals surface area contributed by atoms with Gasteiger partial charge in [0.2, 0.25) is 0 Å². The first kappa shape index (κ1) is 18.7. The molecular formula is C22H27N5O. The molecule has 1 aliphatic rings. The fourth-order valence-corrected chi connectivity index (χ4v) is 3.53. The maximum absolute atomic E-state index is 6.03. The van der Waals surface area contributed by atoms with E-state index in [4.69, 9.17) is 10.5 Å². The summed E-state index contributed by atoms with van der Waals surface area (Å²) in [5.74, 6) is 1.43. The summed E-state index contributed by atoms with van der Waals surface area (Å²) in [5, 5.41) is 5.46. The van der Waals surface area contributed by atoms with E-state index in [9.17, 15) is 0 Å². The van der Waals surface area contributed by atoms with Gasteiger partial charge in [0.15, 0.2) is 0 Å². The van der Waals surface area contributed by atoms with Crippen LogP contribution < -0.4 is 11.1 Å². The predicted molar refractivity (Wildman–Crippen MR) is 113 cm³/mol. The van der Waals surface area contributed by atoms with E-state index in [-0.39, 0.29) is 0 Å². The molecule has 1 aliphatic heterocycles. The first-order valence-corrected chi connectivity index (χ1v) is 9.79. The van der Waals surface area contributed by atoms with Crippen molar-refractivity contribution in [3.63, 3.8) is 0 Å². The second kappa shape index (κ2) is 8.54. The number of aromatic nitrogens is 2. The fraction of sp³-hybridized carbons (Fsp3) is 0.364. The molecule has 0 aliphatic carbocycles. The van der Waals surface area contributed by atoms with Gasteiger partial charge in [-0.3, -0.25) is 0 Å². The number of nitrogen functional groups attached to an aromatic ring is 1. The minimum Gasteiger partial charge on any atom is -0.383 e. The highest BCUT2D eigenvalue weighted by Gasteiger charge is 2.16. The van der Waals surface area contributed by atoms with E-state index in [0.29, 0.717) is 25.1 Å². The van der Waals surface area contributed by atoms with Crippen LogP contribution in [0, 0.1) is 0 Å². The lowest BCUT2D eigenvalue weighted by atomic mass is 10.1. The van der Waals surface area contributed by atoms with Crippen LogP contribution in [-0.2, 0) is 17.9 Å². The van der Waals surface area contributed by atoms with Gasteiger partial charge in [0.25, 0.3) is 0 Å². The Bertz CT molecular complexity index is 920.